The van der Waals surface area contributed by atoms with E-state index in [-0.39, 0.29) is 0 Å². The van der Waals surface area contributed by atoms with Crippen molar-refractivity contribution < 1.29 is 0 Å². The number of hydrogen-bond donors (Lipinski definition) is 1. The van der Waals surface area contributed by atoms with Crippen molar-refractivity contribution in [1.29, 1.82) is 0 Å². The van der Waals surface area contributed by atoms with Crippen LogP contribution in [0.5, 0.6) is 0 Å². The standard InChI is InChI=1S/C13H19NS/c1-9-4-3-5-12-11(10(2)8-14)6-7-15-13(9)12/h3-5,10-11H,6-8,14H2,1-2H3. The van der Waals surface area contributed by atoms with Crippen molar-refractivity contribution in [2.75, 3.05) is 12.3 Å². The Hall–Kier alpha value is -0.470. The molecule has 0 aliphatic carbocycles. The van der Waals surface area contributed by atoms with Crippen molar-refractivity contribution in [1.82, 2.24) is 0 Å². The van der Waals surface area contributed by atoms with E-state index >= 15 is 0 Å². The van der Waals surface area contributed by atoms with Gasteiger partial charge in [0.15, 0.2) is 0 Å². The number of fused-ring (bicyclic) bond motifs is 1. The summed E-state index contributed by atoms with van der Waals surface area (Å²) < 4.78 is 0. The van der Waals surface area contributed by atoms with Crippen LogP contribution in [-0.2, 0) is 0 Å². The van der Waals surface area contributed by atoms with Crippen LogP contribution in [-0.4, -0.2) is 12.3 Å². The third-order valence-corrected chi connectivity index (χ3v) is 4.66. The highest BCUT2D eigenvalue weighted by molar-refractivity contribution is 7.99. The van der Waals surface area contributed by atoms with E-state index in [1.807, 2.05) is 11.8 Å². The third-order valence-electron chi connectivity index (χ3n) is 3.38. The zero-order valence-corrected chi connectivity index (χ0v) is 10.3. The SMILES string of the molecule is Cc1cccc2c1SCCC2C(C)CN. The number of hydrogen-bond acceptors (Lipinski definition) is 2. The molecule has 0 amide bonds. The minimum atomic E-state index is 0.603. The molecule has 2 atom stereocenters. The smallest absolute Gasteiger partial charge is 0.0136 e. The molecule has 0 radical (unpaired) electrons. The third kappa shape index (κ3) is 2.06. The van der Waals surface area contributed by atoms with E-state index in [9.17, 15) is 0 Å². The van der Waals surface area contributed by atoms with Crippen molar-refractivity contribution in [2.45, 2.75) is 31.1 Å². The fraction of sp³-hybridized carbons (Fsp3) is 0.538. The Morgan fingerprint density at radius 3 is 3.07 bits per heavy atom. The van der Waals surface area contributed by atoms with Gasteiger partial charge in [0.2, 0.25) is 0 Å². The lowest BCUT2D eigenvalue weighted by Crippen LogP contribution is -2.22. The Morgan fingerprint density at radius 2 is 2.33 bits per heavy atom. The molecule has 1 aliphatic rings. The van der Waals surface area contributed by atoms with Crippen molar-refractivity contribution in [3.63, 3.8) is 0 Å². The summed E-state index contributed by atoms with van der Waals surface area (Å²) in [6.07, 6.45) is 1.28. The molecule has 15 heavy (non-hydrogen) atoms. The average molecular weight is 221 g/mol. The average Bonchev–Trinajstić information content (AvgIpc) is 2.28. The van der Waals surface area contributed by atoms with Crippen molar-refractivity contribution in [3.8, 4) is 0 Å². The first-order chi connectivity index (χ1) is 7.24. The first-order valence-corrected chi connectivity index (χ1v) is 6.65. The molecule has 0 fully saturated rings. The summed E-state index contributed by atoms with van der Waals surface area (Å²) in [5.74, 6) is 2.52. The molecule has 82 valence electrons. The summed E-state index contributed by atoms with van der Waals surface area (Å²) in [5, 5.41) is 0. The summed E-state index contributed by atoms with van der Waals surface area (Å²) in [5.41, 5.74) is 8.75. The highest BCUT2D eigenvalue weighted by Gasteiger charge is 2.25. The summed E-state index contributed by atoms with van der Waals surface area (Å²) in [6.45, 7) is 5.27. The molecule has 2 rings (SSSR count). The molecule has 0 bridgehead atoms. The van der Waals surface area contributed by atoms with Gasteiger partial charge in [0.25, 0.3) is 0 Å². The molecule has 1 aliphatic heterocycles. The maximum Gasteiger partial charge on any atom is 0.0136 e. The van der Waals surface area contributed by atoms with Crippen LogP contribution in [0.2, 0.25) is 0 Å². The number of aryl methyl sites for hydroxylation is 1. The predicted molar refractivity (Wildman–Crippen MR) is 67.5 cm³/mol. The molecule has 1 nitrogen and oxygen atoms in total. The normalized spacial score (nSPS) is 22.2. The van der Waals surface area contributed by atoms with Gasteiger partial charge in [-0.15, -0.1) is 11.8 Å². The number of nitrogens with two attached hydrogens (primary N) is 1. The van der Waals surface area contributed by atoms with Crippen LogP contribution in [0.4, 0.5) is 0 Å². The fourth-order valence-electron chi connectivity index (χ4n) is 2.36. The van der Waals surface area contributed by atoms with Crippen LogP contribution >= 0.6 is 11.8 Å². The molecule has 0 aromatic heterocycles. The predicted octanol–water partition coefficient (Wildman–Crippen LogP) is 3.17. The van der Waals surface area contributed by atoms with Crippen molar-refractivity contribution >= 4 is 11.8 Å². The lowest BCUT2D eigenvalue weighted by Gasteiger charge is -2.30. The summed E-state index contributed by atoms with van der Waals surface area (Å²) in [6, 6.07) is 6.67. The van der Waals surface area contributed by atoms with Crippen molar-refractivity contribution in [2.24, 2.45) is 11.7 Å². The second-order valence-corrected chi connectivity index (χ2v) is 5.56. The Labute approximate surface area is 96.4 Å². The molecular formula is C13H19NS. The Kier molecular flexibility index (Phi) is 3.37. The van der Waals surface area contributed by atoms with E-state index in [2.05, 4.69) is 32.0 Å². The second kappa shape index (κ2) is 4.58. The van der Waals surface area contributed by atoms with Gasteiger partial charge >= 0.3 is 0 Å². The summed E-state index contributed by atoms with van der Waals surface area (Å²) in [4.78, 5) is 1.51. The molecule has 2 heteroatoms. The van der Waals surface area contributed by atoms with Crippen LogP contribution in [0.25, 0.3) is 0 Å². The topological polar surface area (TPSA) is 26.0 Å². The minimum Gasteiger partial charge on any atom is -0.330 e. The Bertz CT molecular complexity index is 348. The van der Waals surface area contributed by atoms with Crippen LogP contribution in [0.1, 0.15) is 30.4 Å². The molecule has 0 saturated carbocycles. The molecule has 0 spiro atoms. The second-order valence-electron chi connectivity index (χ2n) is 4.45. The summed E-state index contributed by atoms with van der Waals surface area (Å²) in [7, 11) is 0. The van der Waals surface area contributed by atoms with Gasteiger partial charge in [0.05, 0.1) is 0 Å². The van der Waals surface area contributed by atoms with Crippen LogP contribution < -0.4 is 5.73 Å². The van der Waals surface area contributed by atoms with E-state index in [0.29, 0.717) is 11.8 Å². The van der Waals surface area contributed by atoms with Crippen molar-refractivity contribution in [3.05, 3.63) is 29.3 Å². The molecule has 1 aromatic carbocycles. The number of rotatable bonds is 2. The van der Waals surface area contributed by atoms with Gasteiger partial charge in [-0.1, -0.05) is 25.1 Å². The monoisotopic (exact) mass is 221 g/mol. The van der Waals surface area contributed by atoms with Gasteiger partial charge in [-0.25, -0.2) is 0 Å². The lowest BCUT2D eigenvalue weighted by atomic mass is 9.84. The zero-order valence-electron chi connectivity index (χ0n) is 9.49. The molecular weight excluding hydrogens is 202 g/mol. The van der Waals surface area contributed by atoms with Gasteiger partial charge in [0, 0.05) is 4.90 Å². The van der Waals surface area contributed by atoms with Crippen LogP contribution in [0.15, 0.2) is 23.1 Å². The molecule has 0 saturated heterocycles. The summed E-state index contributed by atoms with van der Waals surface area (Å²) >= 11 is 2.01. The Balaban J connectivity index is 2.38. The highest BCUT2D eigenvalue weighted by Crippen LogP contribution is 2.42. The first-order valence-electron chi connectivity index (χ1n) is 5.66. The van der Waals surface area contributed by atoms with Gasteiger partial charge in [0.1, 0.15) is 0 Å². The van der Waals surface area contributed by atoms with E-state index in [1.54, 1.807) is 0 Å². The zero-order chi connectivity index (χ0) is 10.8. The van der Waals surface area contributed by atoms with Crippen LogP contribution in [0.3, 0.4) is 0 Å². The van der Waals surface area contributed by atoms with Gasteiger partial charge < -0.3 is 5.73 Å². The van der Waals surface area contributed by atoms with Gasteiger partial charge in [-0.2, -0.15) is 0 Å². The van der Waals surface area contributed by atoms with E-state index in [1.165, 1.54) is 28.2 Å². The maximum atomic E-state index is 5.79. The molecule has 2 N–H and O–H groups in total. The minimum absolute atomic E-state index is 0.603. The number of thioether (sulfide) groups is 1. The maximum absolute atomic E-state index is 5.79. The fourth-order valence-corrected chi connectivity index (χ4v) is 3.62. The van der Waals surface area contributed by atoms with E-state index < -0.39 is 0 Å². The molecule has 1 heterocycles. The largest absolute Gasteiger partial charge is 0.330 e. The quantitative estimate of drug-likeness (QED) is 0.830. The lowest BCUT2D eigenvalue weighted by molar-refractivity contribution is 0.449. The molecule has 1 aromatic rings. The number of benzene rings is 1. The highest BCUT2D eigenvalue weighted by atomic mass is 32.2. The van der Waals surface area contributed by atoms with Gasteiger partial charge in [-0.05, 0) is 48.6 Å². The van der Waals surface area contributed by atoms with Gasteiger partial charge in [-0.3, -0.25) is 0 Å². The van der Waals surface area contributed by atoms with Crippen LogP contribution in [0, 0.1) is 12.8 Å². The Morgan fingerprint density at radius 1 is 1.53 bits per heavy atom. The van der Waals surface area contributed by atoms with E-state index in [4.69, 9.17) is 5.73 Å². The first kappa shape index (κ1) is 11.0. The van der Waals surface area contributed by atoms with E-state index in [0.717, 1.165) is 6.54 Å². The molecule has 2 unspecified atom stereocenters.